The lowest BCUT2D eigenvalue weighted by Crippen LogP contribution is -2.41. The summed E-state index contributed by atoms with van der Waals surface area (Å²) in [4.78, 5) is 46.4. The van der Waals surface area contributed by atoms with Gasteiger partial charge in [0.15, 0.2) is 0 Å². The quantitative estimate of drug-likeness (QED) is 0.409. The Labute approximate surface area is 200 Å². The Hall–Kier alpha value is -3.94. The van der Waals surface area contributed by atoms with Crippen LogP contribution < -0.4 is 10.6 Å². The molecule has 2 N–H and O–H groups in total. The molecule has 0 saturated heterocycles. The van der Waals surface area contributed by atoms with Crippen LogP contribution in [0.2, 0.25) is 0 Å². The maximum atomic E-state index is 11.8. The van der Waals surface area contributed by atoms with Crippen LogP contribution in [0.1, 0.15) is 46.9 Å². The van der Waals surface area contributed by atoms with Crippen molar-refractivity contribution in [2.75, 3.05) is 14.2 Å². The van der Waals surface area contributed by atoms with E-state index in [4.69, 9.17) is 0 Å². The van der Waals surface area contributed by atoms with Gasteiger partial charge in [0.2, 0.25) is 0 Å². The topological polar surface area (TPSA) is 111 Å². The lowest BCUT2D eigenvalue weighted by molar-refractivity contribution is -0.143. The predicted molar refractivity (Wildman–Crippen MR) is 129 cm³/mol. The molecule has 0 fully saturated rings. The molecule has 2 aromatic carbocycles. The highest BCUT2D eigenvalue weighted by Gasteiger charge is 2.21. The number of methoxy groups -OCH3 is 2. The summed E-state index contributed by atoms with van der Waals surface area (Å²) in [6, 6.07) is 16.2. The van der Waals surface area contributed by atoms with Gasteiger partial charge in [0.05, 0.1) is 14.2 Å². The number of benzene rings is 2. The normalized spacial score (nSPS) is 11.5. The van der Waals surface area contributed by atoms with Gasteiger partial charge in [-0.15, -0.1) is 6.58 Å². The van der Waals surface area contributed by atoms with Crippen LogP contribution in [0, 0.1) is 0 Å². The monoisotopic (exact) mass is 468 g/mol. The molecule has 0 aliphatic rings. The fourth-order valence-electron chi connectivity index (χ4n) is 2.87. The summed E-state index contributed by atoms with van der Waals surface area (Å²) >= 11 is 0. The molecule has 2 atom stereocenters. The van der Waals surface area contributed by atoms with Gasteiger partial charge in [0.25, 0.3) is 11.8 Å². The number of esters is 2. The first-order chi connectivity index (χ1) is 16.4. The molecule has 0 unspecified atom stereocenters. The molecule has 182 valence electrons. The van der Waals surface area contributed by atoms with E-state index in [-0.39, 0.29) is 11.8 Å². The van der Waals surface area contributed by atoms with Gasteiger partial charge in [-0.1, -0.05) is 55.8 Å². The van der Waals surface area contributed by atoms with Crippen molar-refractivity contribution in [3.8, 4) is 0 Å². The number of amides is 2. The molecule has 2 amide bonds. The molecule has 34 heavy (non-hydrogen) atoms. The first-order valence-electron chi connectivity index (χ1n) is 10.9. The number of rotatable bonds is 10. The minimum absolute atomic E-state index is 0.255. The van der Waals surface area contributed by atoms with E-state index in [2.05, 4.69) is 26.7 Å². The van der Waals surface area contributed by atoms with Crippen LogP contribution in [0.4, 0.5) is 0 Å². The SMILES string of the molecule is C=CC[C@H](NC(=O)c1ccccc1)C(=O)OC.CCC[C@H](NC(=O)c1ccccc1)C(=O)OC. The van der Waals surface area contributed by atoms with Crippen LogP contribution in [0.25, 0.3) is 0 Å². The van der Waals surface area contributed by atoms with Gasteiger partial charge in [-0.05, 0) is 37.1 Å². The zero-order valence-corrected chi connectivity index (χ0v) is 19.8. The molecule has 0 aliphatic carbocycles. The summed E-state index contributed by atoms with van der Waals surface area (Å²) in [5, 5.41) is 5.27. The van der Waals surface area contributed by atoms with Crippen LogP contribution in [0.15, 0.2) is 73.3 Å². The van der Waals surface area contributed by atoms with Crippen LogP contribution >= 0.6 is 0 Å². The van der Waals surface area contributed by atoms with Crippen LogP contribution in [-0.4, -0.2) is 50.1 Å². The number of hydrogen-bond acceptors (Lipinski definition) is 6. The summed E-state index contributed by atoms with van der Waals surface area (Å²) in [6.45, 7) is 5.49. The van der Waals surface area contributed by atoms with Gasteiger partial charge in [0.1, 0.15) is 12.1 Å². The number of ether oxygens (including phenoxy) is 2. The third kappa shape index (κ3) is 9.68. The first kappa shape index (κ1) is 28.1. The zero-order valence-electron chi connectivity index (χ0n) is 19.8. The zero-order chi connectivity index (χ0) is 25.3. The van der Waals surface area contributed by atoms with Crippen molar-refractivity contribution >= 4 is 23.8 Å². The molecule has 0 radical (unpaired) electrons. The van der Waals surface area contributed by atoms with Gasteiger partial charge in [-0.25, -0.2) is 9.59 Å². The minimum atomic E-state index is -0.690. The first-order valence-corrected chi connectivity index (χ1v) is 10.9. The molecule has 0 aromatic heterocycles. The second kappa shape index (κ2) is 15.8. The fourth-order valence-corrected chi connectivity index (χ4v) is 2.87. The highest BCUT2D eigenvalue weighted by molar-refractivity contribution is 5.97. The Kier molecular flexibility index (Phi) is 13.1. The second-order valence-electron chi connectivity index (χ2n) is 7.14. The predicted octanol–water partition coefficient (Wildman–Crippen LogP) is 3.29. The van der Waals surface area contributed by atoms with Crippen molar-refractivity contribution in [2.45, 2.75) is 38.3 Å². The number of carbonyl (C=O) groups excluding carboxylic acids is 4. The Morgan fingerprint density at radius 1 is 0.794 bits per heavy atom. The van der Waals surface area contributed by atoms with Crippen molar-refractivity contribution in [1.82, 2.24) is 10.6 Å². The molecule has 0 bridgehead atoms. The molecule has 2 rings (SSSR count). The van der Waals surface area contributed by atoms with Crippen LogP contribution in [-0.2, 0) is 19.1 Å². The van der Waals surface area contributed by atoms with Gasteiger partial charge >= 0.3 is 11.9 Å². The van der Waals surface area contributed by atoms with Crippen molar-refractivity contribution < 1.29 is 28.7 Å². The Balaban J connectivity index is 0.000000340. The van der Waals surface area contributed by atoms with E-state index >= 15 is 0 Å². The number of nitrogens with one attached hydrogen (secondary N) is 2. The smallest absolute Gasteiger partial charge is 0.328 e. The molecule has 2 aromatic rings. The average molecular weight is 469 g/mol. The molecule has 0 saturated carbocycles. The van der Waals surface area contributed by atoms with Crippen molar-refractivity contribution in [2.24, 2.45) is 0 Å². The third-order valence-corrected chi connectivity index (χ3v) is 4.63. The minimum Gasteiger partial charge on any atom is -0.467 e. The third-order valence-electron chi connectivity index (χ3n) is 4.63. The highest BCUT2D eigenvalue weighted by atomic mass is 16.5. The highest BCUT2D eigenvalue weighted by Crippen LogP contribution is 2.04. The molecule has 0 aliphatic heterocycles. The van der Waals surface area contributed by atoms with Gasteiger partial charge < -0.3 is 20.1 Å². The Morgan fingerprint density at radius 2 is 1.21 bits per heavy atom. The van der Waals surface area contributed by atoms with E-state index in [0.717, 1.165) is 6.42 Å². The molecule has 8 heteroatoms. The maximum absolute atomic E-state index is 11.8. The molecule has 8 nitrogen and oxygen atoms in total. The lowest BCUT2D eigenvalue weighted by atomic mass is 10.1. The van der Waals surface area contributed by atoms with E-state index in [1.54, 1.807) is 54.6 Å². The van der Waals surface area contributed by atoms with Crippen LogP contribution in [0.3, 0.4) is 0 Å². The van der Waals surface area contributed by atoms with E-state index in [1.165, 1.54) is 14.2 Å². The average Bonchev–Trinajstić information content (AvgIpc) is 2.88. The van der Waals surface area contributed by atoms with Gasteiger partial charge in [0, 0.05) is 11.1 Å². The van der Waals surface area contributed by atoms with Gasteiger partial charge in [-0.3, -0.25) is 9.59 Å². The maximum Gasteiger partial charge on any atom is 0.328 e. The fraction of sp³-hybridized carbons (Fsp3) is 0.308. The molecular weight excluding hydrogens is 436 g/mol. The van der Waals surface area contributed by atoms with E-state index in [0.29, 0.717) is 24.0 Å². The van der Waals surface area contributed by atoms with E-state index in [1.807, 2.05) is 19.1 Å². The number of carbonyl (C=O) groups is 4. The largest absolute Gasteiger partial charge is 0.467 e. The molecular formula is C26H32N2O6. The summed E-state index contributed by atoms with van der Waals surface area (Å²) in [5.74, 6) is -1.44. The summed E-state index contributed by atoms with van der Waals surface area (Å²) in [5.41, 5.74) is 1.04. The Bertz CT molecular complexity index is 931. The van der Waals surface area contributed by atoms with Gasteiger partial charge in [-0.2, -0.15) is 0 Å². The summed E-state index contributed by atoms with van der Waals surface area (Å²) in [6.07, 6.45) is 3.28. The van der Waals surface area contributed by atoms with Crippen molar-refractivity contribution in [3.63, 3.8) is 0 Å². The summed E-state index contributed by atoms with van der Waals surface area (Å²) < 4.78 is 9.25. The lowest BCUT2D eigenvalue weighted by Gasteiger charge is -2.15. The Morgan fingerprint density at radius 3 is 1.59 bits per heavy atom. The van der Waals surface area contributed by atoms with E-state index < -0.39 is 24.0 Å². The van der Waals surface area contributed by atoms with E-state index in [9.17, 15) is 19.2 Å². The molecule has 0 spiro atoms. The van der Waals surface area contributed by atoms with Crippen molar-refractivity contribution in [1.29, 1.82) is 0 Å². The standard InChI is InChI=1S/C13H17NO3.C13H15NO3/c2*1-3-7-11(13(16)17-2)14-12(15)10-8-5-4-6-9-10/h4-6,8-9,11H,3,7H2,1-2H3,(H,14,15);3-6,8-9,11H,1,7H2,2H3,(H,14,15)/t2*11-/m00/s1. The van der Waals surface area contributed by atoms with Crippen molar-refractivity contribution in [3.05, 3.63) is 84.4 Å². The van der Waals surface area contributed by atoms with Crippen LogP contribution in [0.5, 0.6) is 0 Å². The molecule has 0 heterocycles. The summed E-state index contributed by atoms with van der Waals surface area (Å²) in [7, 11) is 2.60. The second-order valence-corrected chi connectivity index (χ2v) is 7.14. The number of hydrogen-bond donors (Lipinski definition) is 2.